The lowest BCUT2D eigenvalue weighted by molar-refractivity contribution is -0.118. The summed E-state index contributed by atoms with van der Waals surface area (Å²) in [4.78, 5) is 18.3. The first kappa shape index (κ1) is 7.09. The van der Waals surface area contributed by atoms with Gasteiger partial charge in [0.25, 0.3) is 5.91 Å². The second kappa shape index (κ2) is 2.48. The highest BCUT2D eigenvalue weighted by Crippen LogP contribution is 2.18. The predicted octanol–water partition coefficient (Wildman–Crippen LogP) is 1.04. The van der Waals surface area contributed by atoms with E-state index in [4.69, 9.17) is 0 Å². The van der Waals surface area contributed by atoms with Gasteiger partial charge in [-0.3, -0.25) is 4.79 Å². The van der Waals surface area contributed by atoms with E-state index in [0.717, 1.165) is 0 Å². The average Bonchev–Trinajstić information content (AvgIpc) is 2.07. The molecule has 2 rings (SSSR count). The standard InChI is InChI=1S/C8H5FN2O/c9-5-1-2-7-6(3-5)8(12)11-4-10-7/h1-4,6H. The fraction of sp³-hybridized carbons (Fsp3) is 0.125. The van der Waals surface area contributed by atoms with E-state index >= 15 is 0 Å². The van der Waals surface area contributed by atoms with E-state index in [1.807, 2.05) is 0 Å². The SMILES string of the molecule is O=C1N=CN=C2C=CC(F)=CC12. The Balaban J connectivity index is 2.43. The van der Waals surface area contributed by atoms with Crippen molar-refractivity contribution in [3.8, 4) is 0 Å². The third kappa shape index (κ3) is 1.01. The summed E-state index contributed by atoms with van der Waals surface area (Å²) in [6, 6.07) is 0. The van der Waals surface area contributed by atoms with Crippen molar-refractivity contribution in [1.82, 2.24) is 0 Å². The van der Waals surface area contributed by atoms with Crippen molar-refractivity contribution < 1.29 is 9.18 Å². The van der Waals surface area contributed by atoms with Gasteiger partial charge in [0, 0.05) is 0 Å². The Morgan fingerprint density at radius 1 is 1.42 bits per heavy atom. The van der Waals surface area contributed by atoms with E-state index in [1.54, 1.807) is 0 Å². The maximum atomic E-state index is 12.6. The van der Waals surface area contributed by atoms with E-state index in [2.05, 4.69) is 9.98 Å². The van der Waals surface area contributed by atoms with Crippen LogP contribution < -0.4 is 0 Å². The maximum absolute atomic E-state index is 12.6. The second-order valence-corrected chi connectivity index (χ2v) is 2.50. The quantitative estimate of drug-likeness (QED) is 0.527. The highest BCUT2D eigenvalue weighted by molar-refractivity contribution is 6.18. The highest BCUT2D eigenvalue weighted by atomic mass is 19.1. The number of carbonyl (C=O) groups is 1. The molecule has 3 nitrogen and oxygen atoms in total. The fourth-order valence-electron chi connectivity index (χ4n) is 1.12. The molecule has 1 aliphatic carbocycles. The van der Waals surface area contributed by atoms with Crippen LogP contribution in [-0.2, 0) is 4.79 Å². The molecule has 1 amide bonds. The second-order valence-electron chi connectivity index (χ2n) is 2.50. The molecule has 1 unspecified atom stereocenters. The Hall–Kier alpha value is -1.58. The molecule has 0 bridgehead atoms. The molecule has 0 saturated carbocycles. The molecule has 1 aliphatic heterocycles. The average molecular weight is 164 g/mol. The zero-order chi connectivity index (χ0) is 8.55. The zero-order valence-corrected chi connectivity index (χ0v) is 6.07. The van der Waals surface area contributed by atoms with Gasteiger partial charge in [0.15, 0.2) is 0 Å². The van der Waals surface area contributed by atoms with E-state index in [1.165, 1.54) is 24.6 Å². The van der Waals surface area contributed by atoms with E-state index in [0.29, 0.717) is 5.71 Å². The van der Waals surface area contributed by atoms with Crippen LogP contribution in [0.15, 0.2) is 34.0 Å². The lowest BCUT2D eigenvalue weighted by atomic mass is 9.96. The smallest absolute Gasteiger partial charge is 0.260 e. The Labute approximate surface area is 68.0 Å². The van der Waals surface area contributed by atoms with Gasteiger partial charge in [-0.1, -0.05) is 0 Å². The molecule has 0 fully saturated rings. The molecule has 1 heterocycles. The summed E-state index contributed by atoms with van der Waals surface area (Å²) in [5.41, 5.74) is 0.552. The molecule has 2 aliphatic rings. The van der Waals surface area contributed by atoms with Gasteiger partial charge in [-0.25, -0.2) is 14.4 Å². The highest BCUT2D eigenvalue weighted by Gasteiger charge is 2.25. The van der Waals surface area contributed by atoms with Crippen molar-refractivity contribution in [2.45, 2.75) is 0 Å². The lowest BCUT2D eigenvalue weighted by Gasteiger charge is -2.14. The molecule has 1 atom stereocenters. The first-order valence-electron chi connectivity index (χ1n) is 3.47. The minimum absolute atomic E-state index is 0.362. The third-order valence-corrected chi connectivity index (χ3v) is 1.72. The molecule has 12 heavy (non-hydrogen) atoms. The van der Waals surface area contributed by atoms with Crippen LogP contribution in [0.1, 0.15) is 0 Å². The van der Waals surface area contributed by atoms with Crippen molar-refractivity contribution in [3.05, 3.63) is 24.1 Å². The van der Waals surface area contributed by atoms with E-state index in [-0.39, 0.29) is 5.91 Å². The fourth-order valence-corrected chi connectivity index (χ4v) is 1.12. The summed E-state index contributed by atoms with van der Waals surface area (Å²) >= 11 is 0. The number of nitrogens with zero attached hydrogens (tertiary/aromatic N) is 2. The molecular weight excluding hydrogens is 159 g/mol. The first-order valence-corrected chi connectivity index (χ1v) is 3.47. The number of hydrogen-bond acceptors (Lipinski definition) is 2. The molecule has 0 N–H and O–H groups in total. The molecular formula is C8H5FN2O. The first-order chi connectivity index (χ1) is 5.77. The third-order valence-electron chi connectivity index (χ3n) is 1.72. The van der Waals surface area contributed by atoms with Crippen LogP contribution in [0, 0.1) is 5.92 Å². The van der Waals surface area contributed by atoms with Crippen LogP contribution in [0.3, 0.4) is 0 Å². The number of allylic oxidation sites excluding steroid dienone is 3. The summed E-state index contributed by atoms with van der Waals surface area (Å²) in [6.07, 6.45) is 5.18. The zero-order valence-electron chi connectivity index (χ0n) is 6.07. The van der Waals surface area contributed by atoms with Crippen molar-refractivity contribution in [2.24, 2.45) is 15.9 Å². The minimum Gasteiger partial charge on any atom is -0.271 e. The van der Waals surface area contributed by atoms with Gasteiger partial charge in [0.1, 0.15) is 18.1 Å². The molecule has 0 spiro atoms. The van der Waals surface area contributed by atoms with Crippen molar-refractivity contribution in [3.63, 3.8) is 0 Å². The Bertz CT molecular complexity index is 352. The van der Waals surface area contributed by atoms with Crippen LogP contribution in [0.4, 0.5) is 4.39 Å². The molecule has 60 valence electrons. The van der Waals surface area contributed by atoms with Gasteiger partial charge in [-0.15, -0.1) is 0 Å². The number of aliphatic imine (C=N–C) groups is 2. The van der Waals surface area contributed by atoms with Gasteiger partial charge in [0.2, 0.25) is 0 Å². The number of carbonyl (C=O) groups excluding carboxylic acids is 1. The molecule has 0 saturated heterocycles. The molecule has 0 aromatic heterocycles. The number of halogens is 1. The number of amides is 1. The van der Waals surface area contributed by atoms with E-state index < -0.39 is 11.7 Å². The summed E-state index contributed by atoms with van der Waals surface area (Å²) < 4.78 is 12.6. The number of fused-ring (bicyclic) bond motifs is 1. The van der Waals surface area contributed by atoms with Gasteiger partial charge >= 0.3 is 0 Å². The van der Waals surface area contributed by atoms with Crippen molar-refractivity contribution in [1.29, 1.82) is 0 Å². The topological polar surface area (TPSA) is 41.8 Å². The largest absolute Gasteiger partial charge is 0.271 e. The van der Waals surface area contributed by atoms with Gasteiger partial charge in [-0.05, 0) is 18.2 Å². The molecule has 0 radical (unpaired) electrons. The molecule has 0 aromatic carbocycles. The lowest BCUT2D eigenvalue weighted by Crippen LogP contribution is -2.24. The maximum Gasteiger partial charge on any atom is 0.260 e. The molecule has 0 aromatic rings. The van der Waals surface area contributed by atoms with Gasteiger partial charge in [-0.2, -0.15) is 0 Å². The summed E-state index contributed by atoms with van der Waals surface area (Å²) in [7, 11) is 0. The van der Waals surface area contributed by atoms with E-state index in [9.17, 15) is 9.18 Å². The minimum atomic E-state index is -0.611. The Morgan fingerprint density at radius 3 is 3.08 bits per heavy atom. The summed E-state index contributed by atoms with van der Waals surface area (Å²) in [6.45, 7) is 0. The van der Waals surface area contributed by atoms with Gasteiger partial charge in [0.05, 0.1) is 5.71 Å². The summed E-state index contributed by atoms with van der Waals surface area (Å²) in [5, 5.41) is 0. The van der Waals surface area contributed by atoms with Crippen molar-refractivity contribution >= 4 is 18.0 Å². The normalized spacial score (nSPS) is 26.4. The van der Waals surface area contributed by atoms with Crippen LogP contribution in [-0.4, -0.2) is 18.0 Å². The van der Waals surface area contributed by atoms with Crippen LogP contribution in [0.5, 0.6) is 0 Å². The summed E-state index contributed by atoms with van der Waals surface area (Å²) in [5.74, 6) is -1.39. The van der Waals surface area contributed by atoms with Crippen LogP contribution in [0.25, 0.3) is 0 Å². The predicted molar refractivity (Wildman–Crippen MR) is 42.8 cm³/mol. The van der Waals surface area contributed by atoms with Crippen LogP contribution in [0.2, 0.25) is 0 Å². The van der Waals surface area contributed by atoms with Crippen LogP contribution >= 0.6 is 0 Å². The number of hydrogen-bond donors (Lipinski definition) is 0. The van der Waals surface area contributed by atoms with Crippen molar-refractivity contribution in [2.75, 3.05) is 0 Å². The Morgan fingerprint density at radius 2 is 2.25 bits per heavy atom. The number of rotatable bonds is 0. The molecule has 4 heteroatoms. The van der Waals surface area contributed by atoms with Gasteiger partial charge < -0.3 is 0 Å². The monoisotopic (exact) mass is 164 g/mol. The Kier molecular flexibility index (Phi) is 1.46.